The number of nitrogens with one attached hydrogen (secondary N) is 2. The van der Waals surface area contributed by atoms with Crippen LogP contribution in [0.15, 0.2) is 24.3 Å². The summed E-state index contributed by atoms with van der Waals surface area (Å²) in [4.78, 5) is 42.5. The lowest BCUT2D eigenvalue weighted by atomic mass is 9.72. The molecule has 0 bridgehead atoms. The van der Waals surface area contributed by atoms with E-state index < -0.39 is 21.9 Å². The number of nitrogens with zero attached hydrogens (tertiary/aromatic N) is 1. The normalized spacial score (nSPS) is 18.1. The Morgan fingerprint density at radius 1 is 0.684 bits per heavy atom. The van der Waals surface area contributed by atoms with Crippen molar-refractivity contribution in [2.24, 2.45) is 16.2 Å². The Balaban J connectivity index is 1.83. The lowest BCUT2D eigenvalue weighted by Gasteiger charge is -2.43. The van der Waals surface area contributed by atoms with Crippen molar-refractivity contribution in [2.45, 2.75) is 216 Å². The van der Waals surface area contributed by atoms with Crippen LogP contribution in [-0.4, -0.2) is 71.0 Å². The maximum atomic E-state index is 14.2. The summed E-state index contributed by atoms with van der Waals surface area (Å²) in [6.07, 6.45) is 13.2. The summed E-state index contributed by atoms with van der Waals surface area (Å²) >= 11 is 0. The highest BCUT2D eigenvalue weighted by Gasteiger charge is 2.51. The van der Waals surface area contributed by atoms with E-state index in [1.165, 1.54) is 5.56 Å². The van der Waals surface area contributed by atoms with Gasteiger partial charge in [-0.05, 0) is 103 Å². The summed E-state index contributed by atoms with van der Waals surface area (Å²) < 4.78 is 11.8. The summed E-state index contributed by atoms with van der Waals surface area (Å²) in [5.41, 5.74) is -1.15. The van der Waals surface area contributed by atoms with Crippen molar-refractivity contribution in [3.8, 4) is 5.75 Å². The Kier molecular flexibility index (Phi) is 18.8. The molecule has 1 unspecified atom stereocenters. The molecule has 1 aliphatic rings. The third kappa shape index (κ3) is 18.6. The summed E-state index contributed by atoms with van der Waals surface area (Å²) in [6.45, 7) is 33.5. The number of rotatable bonds is 22. The molecule has 1 heterocycles. The van der Waals surface area contributed by atoms with Crippen molar-refractivity contribution in [1.82, 2.24) is 15.5 Å². The van der Waals surface area contributed by atoms with Gasteiger partial charge in [0.25, 0.3) is 0 Å². The van der Waals surface area contributed by atoms with E-state index >= 15 is 0 Å². The highest BCUT2D eigenvalue weighted by Crippen LogP contribution is 2.35. The van der Waals surface area contributed by atoms with Crippen LogP contribution in [0.4, 0.5) is 4.79 Å². The van der Waals surface area contributed by atoms with E-state index in [1.807, 2.05) is 20.8 Å². The topological polar surface area (TPSA) is 97.0 Å². The molecule has 8 nitrogen and oxygen atoms in total. The molecule has 2 N–H and O–H groups in total. The average Bonchev–Trinajstić information content (AvgIpc) is 3.47. The van der Waals surface area contributed by atoms with Crippen LogP contribution in [-0.2, 0) is 20.7 Å². The van der Waals surface area contributed by atoms with Crippen LogP contribution in [0.1, 0.15) is 193 Å². The van der Waals surface area contributed by atoms with E-state index in [2.05, 4.69) is 118 Å². The van der Waals surface area contributed by atoms with E-state index in [0.29, 0.717) is 38.5 Å². The minimum absolute atomic E-state index is 0.139. The molecule has 2 atom stereocenters. The molecule has 0 saturated carbocycles. The van der Waals surface area contributed by atoms with Crippen LogP contribution in [0.25, 0.3) is 0 Å². The fourth-order valence-corrected chi connectivity index (χ4v) is 8.63. The second-order valence-corrected chi connectivity index (χ2v) is 22.6. The van der Waals surface area contributed by atoms with Crippen LogP contribution in [0.3, 0.4) is 0 Å². The zero-order valence-corrected chi connectivity index (χ0v) is 39.5. The Morgan fingerprint density at radius 3 is 1.74 bits per heavy atom. The van der Waals surface area contributed by atoms with E-state index in [1.54, 1.807) is 4.90 Å². The van der Waals surface area contributed by atoms with Crippen molar-refractivity contribution < 1.29 is 23.9 Å². The number of likely N-dealkylation sites (tertiary alicyclic amines) is 1. The van der Waals surface area contributed by atoms with Gasteiger partial charge in [-0.3, -0.25) is 14.9 Å². The average molecular weight is 798 g/mol. The monoisotopic (exact) mass is 798 g/mol. The van der Waals surface area contributed by atoms with Gasteiger partial charge in [-0.1, -0.05) is 126 Å². The standard InChI is InChI=1S/C49H87N3O5/c1-43(2,3)36-38-27-26-28-39(35-38)56-33-24-21-19-23-30-48(50-46(10,11)12,40(53)44(4,5)6)29-22-18-16-17-20-25-34-57-42(55)52-32-31-49(37-52,51-47(13,14)15)41(54)45(7,8)9/h26-28,35,50-51H,16-25,29-34,36-37H2,1-15H3/t48?,49-/m0/s1. The predicted molar refractivity (Wildman–Crippen MR) is 238 cm³/mol. The first-order chi connectivity index (χ1) is 26.1. The number of ketones is 2. The van der Waals surface area contributed by atoms with Gasteiger partial charge in [0.15, 0.2) is 11.6 Å². The molecule has 8 heteroatoms. The lowest BCUT2D eigenvalue weighted by molar-refractivity contribution is -0.135. The molecule has 1 fully saturated rings. The minimum atomic E-state index is -0.762. The van der Waals surface area contributed by atoms with E-state index in [0.717, 1.165) is 89.2 Å². The van der Waals surface area contributed by atoms with E-state index in [-0.39, 0.29) is 28.4 Å². The van der Waals surface area contributed by atoms with Crippen molar-refractivity contribution in [3.05, 3.63) is 29.8 Å². The SMILES string of the molecule is CC(C)(C)Cc1cccc(OCCCCCCC(CCCCCCCCOC(=O)N2CC[C@@](NC(C)(C)C)(C(=O)C(C)(C)C)C2)(NC(C)(C)C)C(=O)C(C)(C)C)c1. The minimum Gasteiger partial charge on any atom is -0.494 e. The number of hydrogen-bond donors (Lipinski definition) is 2. The molecule has 0 radical (unpaired) electrons. The Bertz CT molecular complexity index is 1400. The summed E-state index contributed by atoms with van der Waals surface area (Å²) in [5, 5.41) is 7.41. The number of ether oxygens (including phenoxy) is 2. The zero-order valence-electron chi connectivity index (χ0n) is 39.5. The van der Waals surface area contributed by atoms with Gasteiger partial charge in [0.2, 0.25) is 0 Å². The van der Waals surface area contributed by atoms with Gasteiger partial charge in [0, 0.05) is 35.0 Å². The molecule has 1 saturated heterocycles. The van der Waals surface area contributed by atoms with Crippen LogP contribution < -0.4 is 15.4 Å². The largest absolute Gasteiger partial charge is 0.494 e. The molecular formula is C49H87N3O5. The molecule has 57 heavy (non-hydrogen) atoms. The van der Waals surface area contributed by atoms with Gasteiger partial charge < -0.3 is 19.7 Å². The number of carbonyl (C=O) groups is 3. The molecule has 1 aromatic rings. The number of carbonyl (C=O) groups excluding carboxylic acids is 3. The van der Waals surface area contributed by atoms with Crippen LogP contribution in [0.5, 0.6) is 5.75 Å². The van der Waals surface area contributed by atoms with Crippen LogP contribution in [0, 0.1) is 16.2 Å². The highest BCUT2D eigenvalue weighted by molar-refractivity contribution is 5.94. The van der Waals surface area contributed by atoms with E-state index in [9.17, 15) is 14.4 Å². The molecular weight excluding hydrogens is 711 g/mol. The quantitative estimate of drug-likeness (QED) is 0.113. The summed E-state index contributed by atoms with van der Waals surface area (Å²) in [5.74, 6) is 1.41. The summed E-state index contributed by atoms with van der Waals surface area (Å²) in [7, 11) is 0. The Hall–Kier alpha value is -2.45. The zero-order chi connectivity index (χ0) is 43.3. The molecule has 0 aliphatic carbocycles. The smallest absolute Gasteiger partial charge is 0.409 e. The maximum absolute atomic E-state index is 14.2. The number of hydrogen-bond acceptors (Lipinski definition) is 7. The third-order valence-electron chi connectivity index (χ3n) is 10.6. The number of Topliss-reactive ketones (excluding diaryl/α,β-unsaturated/α-hetero) is 2. The molecule has 328 valence electrons. The van der Waals surface area contributed by atoms with Gasteiger partial charge in [-0.15, -0.1) is 0 Å². The van der Waals surface area contributed by atoms with Gasteiger partial charge >= 0.3 is 6.09 Å². The van der Waals surface area contributed by atoms with Gasteiger partial charge in [0.05, 0.1) is 24.3 Å². The number of amides is 1. The molecule has 2 rings (SSSR count). The van der Waals surface area contributed by atoms with Crippen LogP contribution in [0.2, 0.25) is 0 Å². The Morgan fingerprint density at radius 2 is 1.23 bits per heavy atom. The number of benzene rings is 1. The van der Waals surface area contributed by atoms with Crippen LogP contribution >= 0.6 is 0 Å². The highest BCUT2D eigenvalue weighted by atomic mass is 16.6. The van der Waals surface area contributed by atoms with Crippen molar-refractivity contribution in [2.75, 3.05) is 26.3 Å². The molecule has 1 aromatic carbocycles. The Labute approximate surface area is 350 Å². The van der Waals surface area contributed by atoms with Crippen molar-refractivity contribution >= 4 is 17.7 Å². The third-order valence-corrected chi connectivity index (χ3v) is 10.6. The lowest BCUT2D eigenvalue weighted by Crippen LogP contribution is -2.63. The summed E-state index contributed by atoms with van der Waals surface area (Å²) in [6, 6.07) is 8.51. The van der Waals surface area contributed by atoms with Gasteiger partial charge in [-0.25, -0.2) is 4.79 Å². The van der Waals surface area contributed by atoms with E-state index in [4.69, 9.17) is 9.47 Å². The second kappa shape index (κ2) is 21.2. The number of unbranched alkanes of at least 4 members (excludes halogenated alkanes) is 8. The van der Waals surface area contributed by atoms with Crippen molar-refractivity contribution in [3.63, 3.8) is 0 Å². The molecule has 1 aliphatic heterocycles. The van der Waals surface area contributed by atoms with Gasteiger partial charge in [-0.2, -0.15) is 0 Å². The first kappa shape index (κ1) is 50.7. The maximum Gasteiger partial charge on any atom is 0.409 e. The molecule has 0 aromatic heterocycles. The molecule has 1 amide bonds. The second-order valence-electron chi connectivity index (χ2n) is 22.6. The van der Waals surface area contributed by atoms with Crippen molar-refractivity contribution in [1.29, 1.82) is 0 Å². The predicted octanol–water partition coefficient (Wildman–Crippen LogP) is 11.7. The first-order valence-corrected chi connectivity index (χ1v) is 22.4. The van der Waals surface area contributed by atoms with Gasteiger partial charge in [0.1, 0.15) is 5.75 Å². The first-order valence-electron chi connectivity index (χ1n) is 22.4. The fourth-order valence-electron chi connectivity index (χ4n) is 8.63. The molecule has 0 spiro atoms. The fraction of sp³-hybridized carbons (Fsp3) is 0.816.